The van der Waals surface area contributed by atoms with Crippen molar-refractivity contribution in [3.8, 4) is 5.75 Å². The summed E-state index contributed by atoms with van der Waals surface area (Å²) in [6.45, 7) is 0. The Hall–Kier alpha value is -2.69. The number of benzene rings is 2. The van der Waals surface area contributed by atoms with Crippen LogP contribution in [0.25, 0.3) is 0 Å². The van der Waals surface area contributed by atoms with Crippen molar-refractivity contribution in [1.82, 2.24) is 0 Å². The summed E-state index contributed by atoms with van der Waals surface area (Å²) < 4.78 is 0. The smallest absolute Gasteiger partial charge is 0.270 e. The molecule has 0 bridgehead atoms. The molecule has 0 spiro atoms. The van der Waals surface area contributed by atoms with Gasteiger partial charge in [0.1, 0.15) is 5.75 Å². The maximum atomic E-state index is 12.0. The number of ketones is 1. The number of nitrogens with zero attached hydrogens (tertiary/aromatic N) is 1. The van der Waals surface area contributed by atoms with E-state index < -0.39 is 4.92 Å². The van der Waals surface area contributed by atoms with Crippen LogP contribution in [0.3, 0.4) is 0 Å². The number of hydrogen-bond acceptors (Lipinski definition) is 4. The van der Waals surface area contributed by atoms with E-state index in [-0.39, 0.29) is 22.8 Å². The number of aromatic hydroxyl groups is 1. The number of carbonyl (C=O) groups excluding carboxylic acids is 1. The molecular weight excluding hydrogens is 234 g/mol. The number of non-ortho nitro benzene ring substituents is 1. The third kappa shape index (κ3) is 2.35. The molecule has 0 heterocycles. The summed E-state index contributed by atoms with van der Waals surface area (Å²) in [7, 11) is 0. The summed E-state index contributed by atoms with van der Waals surface area (Å²) in [4.78, 5) is 22.1. The Bertz CT molecular complexity index is 605. The molecule has 0 amide bonds. The molecular formula is C13H9NO4. The molecule has 0 radical (unpaired) electrons. The number of rotatable bonds is 3. The van der Waals surface area contributed by atoms with Gasteiger partial charge in [0.05, 0.1) is 4.92 Å². The lowest BCUT2D eigenvalue weighted by Gasteiger charge is -2.01. The Labute approximate surface area is 102 Å². The Morgan fingerprint density at radius 2 is 1.72 bits per heavy atom. The maximum Gasteiger partial charge on any atom is 0.270 e. The zero-order valence-electron chi connectivity index (χ0n) is 9.24. The van der Waals surface area contributed by atoms with Crippen molar-refractivity contribution < 1.29 is 14.8 Å². The van der Waals surface area contributed by atoms with Gasteiger partial charge in [-0.3, -0.25) is 14.9 Å². The van der Waals surface area contributed by atoms with Crippen LogP contribution in [0.1, 0.15) is 15.9 Å². The summed E-state index contributed by atoms with van der Waals surface area (Å²) >= 11 is 0. The van der Waals surface area contributed by atoms with Crippen LogP contribution in [0, 0.1) is 10.1 Å². The zero-order chi connectivity index (χ0) is 13.1. The lowest BCUT2D eigenvalue weighted by molar-refractivity contribution is -0.384. The normalized spacial score (nSPS) is 10.0. The van der Waals surface area contributed by atoms with Crippen molar-refractivity contribution >= 4 is 11.5 Å². The van der Waals surface area contributed by atoms with Crippen molar-refractivity contribution in [3.63, 3.8) is 0 Å². The number of hydrogen-bond donors (Lipinski definition) is 1. The molecule has 0 saturated carbocycles. The molecule has 1 N–H and O–H groups in total. The summed E-state index contributed by atoms with van der Waals surface area (Å²) in [5, 5.41) is 19.7. The van der Waals surface area contributed by atoms with Crippen molar-refractivity contribution in [2.45, 2.75) is 0 Å². The highest BCUT2D eigenvalue weighted by atomic mass is 16.6. The van der Waals surface area contributed by atoms with Crippen molar-refractivity contribution in [1.29, 1.82) is 0 Å². The van der Waals surface area contributed by atoms with E-state index in [2.05, 4.69) is 0 Å². The zero-order valence-corrected chi connectivity index (χ0v) is 9.24. The predicted molar refractivity (Wildman–Crippen MR) is 64.6 cm³/mol. The third-order valence-electron chi connectivity index (χ3n) is 2.45. The van der Waals surface area contributed by atoms with Gasteiger partial charge in [-0.05, 0) is 24.3 Å². The SMILES string of the molecule is O=C(c1ccc(O)cc1)c1cccc([N+](=O)[O-])c1. The molecule has 0 aromatic heterocycles. The van der Waals surface area contributed by atoms with E-state index >= 15 is 0 Å². The highest BCUT2D eigenvalue weighted by Crippen LogP contribution is 2.18. The first-order valence-electron chi connectivity index (χ1n) is 5.16. The van der Waals surface area contributed by atoms with Crippen LogP contribution in [0.2, 0.25) is 0 Å². The van der Waals surface area contributed by atoms with Crippen LogP contribution in [0.4, 0.5) is 5.69 Å². The minimum Gasteiger partial charge on any atom is -0.508 e. The highest BCUT2D eigenvalue weighted by Gasteiger charge is 2.13. The second kappa shape index (κ2) is 4.67. The van der Waals surface area contributed by atoms with E-state index in [1.165, 1.54) is 48.5 Å². The second-order valence-corrected chi connectivity index (χ2v) is 3.68. The Balaban J connectivity index is 2.37. The number of nitro benzene ring substituents is 1. The van der Waals surface area contributed by atoms with Crippen molar-refractivity contribution in [3.05, 3.63) is 69.8 Å². The molecule has 2 rings (SSSR count). The Morgan fingerprint density at radius 3 is 2.33 bits per heavy atom. The average Bonchev–Trinajstić information content (AvgIpc) is 2.39. The van der Waals surface area contributed by atoms with E-state index in [1.54, 1.807) is 0 Å². The van der Waals surface area contributed by atoms with Crippen molar-refractivity contribution in [2.24, 2.45) is 0 Å². The van der Waals surface area contributed by atoms with Crippen LogP contribution in [0.5, 0.6) is 5.75 Å². The van der Waals surface area contributed by atoms with Gasteiger partial charge >= 0.3 is 0 Å². The molecule has 0 aliphatic heterocycles. The van der Waals surface area contributed by atoms with Crippen LogP contribution < -0.4 is 0 Å². The molecule has 0 unspecified atom stereocenters. The first-order chi connectivity index (χ1) is 8.58. The minimum atomic E-state index is -0.548. The molecule has 2 aromatic rings. The van der Waals surface area contributed by atoms with Crippen LogP contribution >= 0.6 is 0 Å². The Kier molecular flexibility index (Phi) is 3.05. The van der Waals surface area contributed by atoms with Gasteiger partial charge in [0.25, 0.3) is 5.69 Å². The van der Waals surface area contributed by atoms with Gasteiger partial charge in [-0.1, -0.05) is 12.1 Å². The number of nitro groups is 1. The standard InChI is InChI=1S/C13H9NO4/c15-12-6-4-9(5-7-12)13(16)10-2-1-3-11(8-10)14(17)18/h1-8,15H. The van der Waals surface area contributed by atoms with Gasteiger partial charge < -0.3 is 5.11 Å². The summed E-state index contributed by atoms with van der Waals surface area (Å²) in [6.07, 6.45) is 0. The molecule has 5 heteroatoms. The Morgan fingerprint density at radius 1 is 1.06 bits per heavy atom. The highest BCUT2D eigenvalue weighted by molar-refractivity contribution is 6.09. The lowest BCUT2D eigenvalue weighted by Crippen LogP contribution is -2.01. The fourth-order valence-electron chi connectivity index (χ4n) is 1.54. The van der Waals surface area contributed by atoms with Gasteiger partial charge in [0.2, 0.25) is 0 Å². The molecule has 0 fully saturated rings. The molecule has 0 saturated heterocycles. The topological polar surface area (TPSA) is 80.4 Å². The van der Waals surface area contributed by atoms with Gasteiger partial charge in [0.15, 0.2) is 5.78 Å². The fraction of sp³-hybridized carbons (Fsp3) is 0. The monoisotopic (exact) mass is 243 g/mol. The van der Waals surface area contributed by atoms with E-state index in [1.807, 2.05) is 0 Å². The molecule has 0 atom stereocenters. The van der Waals surface area contributed by atoms with E-state index in [0.29, 0.717) is 5.56 Å². The first kappa shape index (κ1) is 11.8. The fourth-order valence-corrected chi connectivity index (χ4v) is 1.54. The largest absolute Gasteiger partial charge is 0.508 e. The van der Waals surface area contributed by atoms with Gasteiger partial charge in [0, 0.05) is 23.3 Å². The summed E-state index contributed by atoms with van der Waals surface area (Å²) in [5.41, 5.74) is 0.489. The summed E-state index contributed by atoms with van der Waals surface area (Å²) in [5.74, 6) is -0.260. The minimum absolute atomic E-state index is 0.0607. The first-order valence-corrected chi connectivity index (χ1v) is 5.16. The molecule has 2 aromatic carbocycles. The lowest BCUT2D eigenvalue weighted by atomic mass is 10.0. The maximum absolute atomic E-state index is 12.0. The molecule has 5 nitrogen and oxygen atoms in total. The van der Waals surface area contributed by atoms with E-state index in [4.69, 9.17) is 5.11 Å². The quantitative estimate of drug-likeness (QED) is 0.510. The van der Waals surface area contributed by atoms with Gasteiger partial charge in [-0.2, -0.15) is 0 Å². The van der Waals surface area contributed by atoms with Crippen LogP contribution in [-0.4, -0.2) is 15.8 Å². The van der Waals surface area contributed by atoms with E-state index in [9.17, 15) is 14.9 Å². The number of phenols is 1. The molecule has 18 heavy (non-hydrogen) atoms. The number of carbonyl (C=O) groups is 1. The van der Waals surface area contributed by atoms with Crippen molar-refractivity contribution in [2.75, 3.05) is 0 Å². The van der Waals surface area contributed by atoms with Crippen LogP contribution in [-0.2, 0) is 0 Å². The molecule has 0 aliphatic carbocycles. The molecule has 0 aliphatic rings. The molecule has 90 valence electrons. The number of phenolic OH excluding ortho intramolecular Hbond substituents is 1. The van der Waals surface area contributed by atoms with Gasteiger partial charge in [-0.25, -0.2) is 0 Å². The second-order valence-electron chi connectivity index (χ2n) is 3.68. The average molecular weight is 243 g/mol. The predicted octanol–water partition coefficient (Wildman–Crippen LogP) is 2.53. The summed E-state index contributed by atoms with van der Waals surface area (Å²) in [6, 6.07) is 11.3. The van der Waals surface area contributed by atoms with Crippen LogP contribution in [0.15, 0.2) is 48.5 Å². The third-order valence-corrected chi connectivity index (χ3v) is 2.45. The van der Waals surface area contributed by atoms with Gasteiger partial charge in [-0.15, -0.1) is 0 Å². The van der Waals surface area contributed by atoms with E-state index in [0.717, 1.165) is 0 Å².